The number of rotatable bonds is 6. The molecule has 1 aromatic rings. The Morgan fingerprint density at radius 3 is 2.60 bits per heavy atom. The zero-order valence-electron chi connectivity index (χ0n) is 11.8. The molecule has 0 heterocycles. The lowest BCUT2D eigenvalue weighted by Crippen LogP contribution is -2.51. The maximum atomic E-state index is 11.9. The van der Waals surface area contributed by atoms with Crippen LogP contribution in [0.2, 0.25) is 5.02 Å². The minimum atomic E-state index is -1.11. The van der Waals surface area contributed by atoms with Crippen molar-refractivity contribution in [1.29, 1.82) is 0 Å². The van der Waals surface area contributed by atoms with E-state index >= 15 is 0 Å². The zero-order valence-corrected chi connectivity index (χ0v) is 12.5. The van der Waals surface area contributed by atoms with Crippen LogP contribution in [-0.2, 0) is 9.59 Å². The fourth-order valence-corrected chi connectivity index (χ4v) is 1.72. The van der Waals surface area contributed by atoms with Gasteiger partial charge in [-0.25, -0.2) is 0 Å². The predicted molar refractivity (Wildman–Crippen MR) is 79.2 cm³/mol. The summed E-state index contributed by atoms with van der Waals surface area (Å²) in [5.74, 6) is -1.29. The number of carboxylic acid groups (broad SMARTS) is 1. The van der Waals surface area contributed by atoms with Crippen molar-refractivity contribution in [2.45, 2.75) is 32.7 Å². The molecule has 0 aromatic heterocycles. The van der Waals surface area contributed by atoms with Gasteiger partial charge in [0.05, 0.1) is 6.54 Å². The summed E-state index contributed by atoms with van der Waals surface area (Å²) in [6.45, 7) is 5.07. The number of aliphatic carboxylic acids is 1. The van der Waals surface area contributed by atoms with Crippen molar-refractivity contribution in [2.75, 3.05) is 11.9 Å². The first-order valence-corrected chi connectivity index (χ1v) is 6.70. The monoisotopic (exact) mass is 298 g/mol. The van der Waals surface area contributed by atoms with Crippen LogP contribution in [-0.4, -0.2) is 29.1 Å². The lowest BCUT2D eigenvalue weighted by molar-refractivity contribution is -0.144. The SMILES string of the molecule is CCC(C)(NCC(=O)Nc1cc(Cl)ccc1C)C(=O)O. The third kappa shape index (κ3) is 4.21. The number of amides is 1. The van der Waals surface area contributed by atoms with E-state index in [1.807, 2.05) is 6.92 Å². The number of carboxylic acids is 1. The highest BCUT2D eigenvalue weighted by atomic mass is 35.5. The molecule has 1 rings (SSSR count). The van der Waals surface area contributed by atoms with E-state index in [4.69, 9.17) is 16.7 Å². The summed E-state index contributed by atoms with van der Waals surface area (Å²) in [6, 6.07) is 5.20. The summed E-state index contributed by atoms with van der Waals surface area (Å²) in [6.07, 6.45) is 0.381. The van der Waals surface area contributed by atoms with Gasteiger partial charge >= 0.3 is 5.97 Å². The number of aryl methyl sites for hydroxylation is 1. The third-order valence-corrected chi connectivity index (χ3v) is 3.53. The number of carbonyl (C=O) groups excluding carboxylic acids is 1. The van der Waals surface area contributed by atoms with Crippen LogP contribution in [0.15, 0.2) is 18.2 Å². The van der Waals surface area contributed by atoms with E-state index in [2.05, 4.69) is 10.6 Å². The Morgan fingerprint density at radius 1 is 1.40 bits per heavy atom. The molecule has 5 nitrogen and oxygen atoms in total. The summed E-state index contributed by atoms with van der Waals surface area (Å²) in [7, 11) is 0. The van der Waals surface area contributed by atoms with Gasteiger partial charge in [0.2, 0.25) is 5.91 Å². The van der Waals surface area contributed by atoms with Crippen LogP contribution in [0.1, 0.15) is 25.8 Å². The van der Waals surface area contributed by atoms with Gasteiger partial charge < -0.3 is 10.4 Å². The molecule has 20 heavy (non-hydrogen) atoms. The van der Waals surface area contributed by atoms with Crippen molar-refractivity contribution in [2.24, 2.45) is 0 Å². The zero-order chi connectivity index (χ0) is 15.3. The highest BCUT2D eigenvalue weighted by Gasteiger charge is 2.30. The van der Waals surface area contributed by atoms with Crippen molar-refractivity contribution in [1.82, 2.24) is 5.32 Å². The minimum Gasteiger partial charge on any atom is -0.480 e. The van der Waals surface area contributed by atoms with E-state index < -0.39 is 11.5 Å². The van der Waals surface area contributed by atoms with E-state index in [-0.39, 0.29) is 12.5 Å². The molecular weight excluding hydrogens is 280 g/mol. The second-order valence-electron chi connectivity index (χ2n) is 4.85. The molecule has 0 radical (unpaired) electrons. The molecule has 0 saturated carbocycles. The van der Waals surface area contributed by atoms with Crippen molar-refractivity contribution in [3.63, 3.8) is 0 Å². The first kappa shape index (κ1) is 16.5. The van der Waals surface area contributed by atoms with Gasteiger partial charge in [0.25, 0.3) is 0 Å². The third-order valence-electron chi connectivity index (χ3n) is 3.29. The summed E-state index contributed by atoms with van der Waals surface area (Å²) >= 11 is 5.87. The molecule has 1 unspecified atom stereocenters. The molecule has 0 aliphatic carbocycles. The highest BCUT2D eigenvalue weighted by molar-refractivity contribution is 6.31. The normalized spacial score (nSPS) is 13.6. The molecule has 0 saturated heterocycles. The van der Waals surface area contributed by atoms with E-state index in [1.54, 1.807) is 32.0 Å². The number of carbonyl (C=O) groups is 2. The number of anilines is 1. The van der Waals surface area contributed by atoms with Crippen LogP contribution in [0.25, 0.3) is 0 Å². The number of halogens is 1. The average molecular weight is 299 g/mol. The minimum absolute atomic E-state index is 0.0808. The van der Waals surface area contributed by atoms with E-state index in [1.165, 1.54) is 0 Å². The van der Waals surface area contributed by atoms with Crippen LogP contribution >= 0.6 is 11.6 Å². The first-order valence-electron chi connectivity index (χ1n) is 6.33. The molecule has 1 atom stereocenters. The molecule has 0 fully saturated rings. The molecule has 0 spiro atoms. The molecule has 0 bridgehead atoms. The van der Waals surface area contributed by atoms with Gasteiger partial charge in [0.1, 0.15) is 5.54 Å². The Hall–Kier alpha value is -1.59. The van der Waals surface area contributed by atoms with Crippen LogP contribution in [0.5, 0.6) is 0 Å². The van der Waals surface area contributed by atoms with Crippen LogP contribution in [0.4, 0.5) is 5.69 Å². The van der Waals surface area contributed by atoms with Crippen LogP contribution < -0.4 is 10.6 Å². The van der Waals surface area contributed by atoms with Gasteiger partial charge in [-0.1, -0.05) is 24.6 Å². The van der Waals surface area contributed by atoms with Crippen LogP contribution in [0, 0.1) is 6.92 Å². The largest absolute Gasteiger partial charge is 0.480 e. The molecule has 0 aliphatic rings. The number of benzene rings is 1. The van der Waals surface area contributed by atoms with Gasteiger partial charge in [0, 0.05) is 10.7 Å². The second kappa shape index (κ2) is 6.72. The van der Waals surface area contributed by atoms with Crippen LogP contribution in [0.3, 0.4) is 0 Å². The molecule has 3 N–H and O–H groups in total. The molecule has 110 valence electrons. The molecule has 0 aliphatic heterocycles. The Morgan fingerprint density at radius 2 is 2.05 bits per heavy atom. The maximum absolute atomic E-state index is 11.9. The predicted octanol–water partition coefficient (Wildman–Crippen LogP) is 2.43. The molecule has 6 heteroatoms. The smallest absolute Gasteiger partial charge is 0.323 e. The topological polar surface area (TPSA) is 78.4 Å². The van der Waals surface area contributed by atoms with Crippen molar-refractivity contribution >= 4 is 29.2 Å². The van der Waals surface area contributed by atoms with Crippen molar-refractivity contribution in [3.8, 4) is 0 Å². The first-order chi connectivity index (χ1) is 9.28. The Bertz CT molecular complexity index is 519. The Kier molecular flexibility index (Phi) is 5.53. The summed E-state index contributed by atoms with van der Waals surface area (Å²) in [5, 5.41) is 15.1. The number of hydrogen-bond acceptors (Lipinski definition) is 3. The summed E-state index contributed by atoms with van der Waals surface area (Å²) < 4.78 is 0. The number of hydrogen-bond donors (Lipinski definition) is 3. The quantitative estimate of drug-likeness (QED) is 0.754. The fraction of sp³-hybridized carbons (Fsp3) is 0.429. The van der Waals surface area contributed by atoms with Crippen molar-refractivity contribution < 1.29 is 14.7 Å². The lowest BCUT2D eigenvalue weighted by atomic mass is 9.99. The lowest BCUT2D eigenvalue weighted by Gasteiger charge is -2.24. The van der Waals surface area contributed by atoms with E-state index in [0.717, 1.165) is 5.56 Å². The fourth-order valence-electron chi connectivity index (χ4n) is 1.55. The maximum Gasteiger partial charge on any atom is 0.323 e. The molecular formula is C14H19ClN2O3. The second-order valence-corrected chi connectivity index (χ2v) is 5.29. The Labute approximate surface area is 123 Å². The summed E-state index contributed by atoms with van der Waals surface area (Å²) in [5.41, 5.74) is 0.401. The molecule has 1 amide bonds. The summed E-state index contributed by atoms with van der Waals surface area (Å²) in [4.78, 5) is 23.0. The highest BCUT2D eigenvalue weighted by Crippen LogP contribution is 2.20. The standard InChI is InChI=1S/C14H19ClN2O3/c1-4-14(3,13(19)20)16-8-12(18)17-11-7-10(15)6-5-9(11)2/h5-7,16H,4,8H2,1-3H3,(H,17,18)(H,19,20). The van der Waals surface area contributed by atoms with Crippen molar-refractivity contribution in [3.05, 3.63) is 28.8 Å². The van der Waals surface area contributed by atoms with E-state index in [9.17, 15) is 9.59 Å². The van der Waals surface area contributed by atoms with Gasteiger partial charge in [-0.15, -0.1) is 0 Å². The Balaban J connectivity index is 2.65. The van der Waals surface area contributed by atoms with Gasteiger partial charge in [-0.3, -0.25) is 14.9 Å². The van der Waals surface area contributed by atoms with Gasteiger partial charge in [-0.2, -0.15) is 0 Å². The average Bonchev–Trinajstić information content (AvgIpc) is 2.40. The van der Waals surface area contributed by atoms with E-state index in [0.29, 0.717) is 17.1 Å². The van der Waals surface area contributed by atoms with Gasteiger partial charge in [0.15, 0.2) is 0 Å². The molecule has 1 aromatic carbocycles. The van der Waals surface area contributed by atoms with Gasteiger partial charge in [-0.05, 0) is 38.0 Å². The number of nitrogens with one attached hydrogen (secondary N) is 2.